The summed E-state index contributed by atoms with van der Waals surface area (Å²) < 4.78 is 10.1. The number of phenols is 1. The summed E-state index contributed by atoms with van der Waals surface area (Å²) in [5, 5.41) is 25.0. The first-order valence-electron chi connectivity index (χ1n) is 7.32. The average molecular weight is 349 g/mol. The third-order valence-corrected chi connectivity index (χ3v) is 4.59. The fourth-order valence-electron chi connectivity index (χ4n) is 2.16. The summed E-state index contributed by atoms with van der Waals surface area (Å²) >= 11 is 1.34. The number of nitrogens with one attached hydrogen (secondary N) is 2. The molecular weight excluding hydrogens is 330 g/mol. The lowest BCUT2D eigenvalue weighted by Gasteiger charge is -2.26. The molecular formula is C16H19N3O4S. The van der Waals surface area contributed by atoms with Crippen LogP contribution in [0.4, 0.5) is 0 Å². The number of rotatable bonds is 7. The first kappa shape index (κ1) is 18.0. The fraction of sp³-hybridized carbons (Fsp3) is 0.375. The van der Waals surface area contributed by atoms with Gasteiger partial charge in [-0.3, -0.25) is 4.79 Å². The quantitative estimate of drug-likeness (QED) is 0.643. The minimum atomic E-state index is -0.428. The topological polar surface area (TPSA) is 104 Å². The van der Waals surface area contributed by atoms with Crippen molar-refractivity contribution in [3.05, 3.63) is 34.4 Å². The molecule has 0 radical (unpaired) electrons. The number of hydrogen-bond acceptors (Lipinski definition) is 7. The van der Waals surface area contributed by atoms with Crippen molar-refractivity contribution in [3.8, 4) is 17.6 Å². The van der Waals surface area contributed by atoms with Crippen LogP contribution in [0.15, 0.2) is 28.8 Å². The van der Waals surface area contributed by atoms with E-state index in [0.717, 1.165) is 12.0 Å². The number of thioether (sulfide) groups is 1. The third-order valence-electron chi connectivity index (χ3n) is 3.38. The molecule has 8 heteroatoms. The minimum Gasteiger partial charge on any atom is -0.504 e. The lowest BCUT2D eigenvalue weighted by molar-refractivity contribution is -0.117. The van der Waals surface area contributed by atoms with Crippen LogP contribution in [-0.4, -0.2) is 38.4 Å². The van der Waals surface area contributed by atoms with Gasteiger partial charge in [-0.2, -0.15) is 5.26 Å². The van der Waals surface area contributed by atoms with E-state index in [-0.39, 0.29) is 16.7 Å². The number of benzene rings is 1. The highest BCUT2D eigenvalue weighted by Crippen LogP contribution is 2.39. The molecule has 0 spiro atoms. The number of phenolic OH excluding ortho intramolecular Hbond substituents is 1. The van der Waals surface area contributed by atoms with Crippen LogP contribution in [0.1, 0.15) is 17.4 Å². The molecule has 128 valence electrons. The van der Waals surface area contributed by atoms with Gasteiger partial charge in [0, 0.05) is 20.3 Å². The second-order valence-corrected chi connectivity index (χ2v) is 6.11. The number of ether oxygens (including phenoxy) is 2. The van der Waals surface area contributed by atoms with Gasteiger partial charge in [0.05, 0.1) is 12.1 Å². The summed E-state index contributed by atoms with van der Waals surface area (Å²) in [6.45, 7) is 1.19. The summed E-state index contributed by atoms with van der Waals surface area (Å²) in [5.41, 5.74) is 0.829. The van der Waals surface area contributed by atoms with Crippen molar-refractivity contribution < 1.29 is 19.4 Å². The third kappa shape index (κ3) is 4.13. The molecule has 2 rings (SSSR count). The summed E-state index contributed by atoms with van der Waals surface area (Å²) in [7, 11) is 3.08. The van der Waals surface area contributed by atoms with Gasteiger partial charge in [0.1, 0.15) is 17.0 Å². The minimum absolute atomic E-state index is 0.0274. The molecule has 1 atom stereocenters. The van der Waals surface area contributed by atoms with Crippen molar-refractivity contribution in [1.29, 1.82) is 5.26 Å². The standard InChI is InChI=1S/C16H19N3O4S/c1-22-7-3-6-18-16-11(9-17)14(21)19-15(24-16)10-4-5-12(20)13(8-10)23-2/h4-5,8,15,18,20H,3,6-7H2,1-2H3,(H,19,21)/t15-/m1/s1. The number of hydrogen-bond donors (Lipinski definition) is 3. The van der Waals surface area contributed by atoms with E-state index < -0.39 is 5.91 Å². The van der Waals surface area contributed by atoms with E-state index in [4.69, 9.17) is 9.47 Å². The van der Waals surface area contributed by atoms with Crippen molar-refractivity contribution in [3.63, 3.8) is 0 Å². The van der Waals surface area contributed by atoms with E-state index >= 15 is 0 Å². The Labute approximate surface area is 144 Å². The lowest BCUT2D eigenvalue weighted by atomic mass is 10.2. The highest BCUT2D eigenvalue weighted by molar-refractivity contribution is 8.03. The number of nitrogens with zero attached hydrogens (tertiary/aromatic N) is 1. The van der Waals surface area contributed by atoms with Crippen molar-refractivity contribution in [2.75, 3.05) is 27.4 Å². The molecule has 0 saturated carbocycles. The molecule has 1 aliphatic rings. The van der Waals surface area contributed by atoms with Gasteiger partial charge in [0.25, 0.3) is 5.91 Å². The monoisotopic (exact) mass is 349 g/mol. The van der Waals surface area contributed by atoms with Gasteiger partial charge >= 0.3 is 0 Å². The maximum atomic E-state index is 12.2. The summed E-state index contributed by atoms with van der Waals surface area (Å²) in [6, 6.07) is 6.81. The van der Waals surface area contributed by atoms with Crippen molar-refractivity contribution >= 4 is 17.7 Å². The van der Waals surface area contributed by atoms with E-state index in [1.807, 2.05) is 6.07 Å². The Bertz CT molecular complexity index is 684. The molecule has 1 aromatic rings. The van der Waals surface area contributed by atoms with Crippen molar-refractivity contribution in [1.82, 2.24) is 10.6 Å². The fourth-order valence-corrected chi connectivity index (χ4v) is 3.29. The summed E-state index contributed by atoms with van der Waals surface area (Å²) in [5.74, 6) is -0.0749. The van der Waals surface area contributed by atoms with E-state index in [2.05, 4.69) is 10.6 Å². The first-order valence-corrected chi connectivity index (χ1v) is 8.20. The van der Waals surface area contributed by atoms with Crippen LogP contribution in [0, 0.1) is 11.3 Å². The summed E-state index contributed by atoms with van der Waals surface area (Å²) in [6.07, 6.45) is 0.762. The second-order valence-electron chi connectivity index (χ2n) is 4.99. The van der Waals surface area contributed by atoms with E-state index in [1.54, 1.807) is 19.2 Å². The molecule has 0 aliphatic carbocycles. The number of aromatic hydroxyl groups is 1. The Hall–Kier alpha value is -2.37. The molecule has 0 bridgehead atoms. The van der Waals surface area contributed by atoms with Gasteiger partial charge in [-0.25, -0.2) is 0 Å². The molecule has 1 amide bonds. The Morgan fingerprint density at radius 3 is 2.92 bits per heavy atom. The maximum Gasteiger partial charge on any atom is 0.265 e. The van der Waals surface area contributed by atoms with Crippen LogP contribution in [0.2, 0.25) is 0 Å². The van der Waals surface area contributed by atoms with Gasteiger partial charge < -0.3 is 25.2 Å². The predicted molar refractivity (Wildman–Crippen MR) is 90.3 cm³/mol. The number of carbonyl (C=O) groups is 1. The Balaban J connectivity index is 2.19. The molecule has 0 unspecified atom stereocenters. The predicted octanol–water partition coefficient (Wildman–Crippen LogP) is 1.62. The van der Waals surface area contributed by atoms with Crippen molar-refractivity contribution in [2.45, 2.75) is 11.8 Å². The molecule has 0 fully saturated rings. The van der Waals surface area contributed by atoms with Crippen LogP contribution in [0.3, 0.4) is 0 Å². The van der Waals surface area contributed by atoms with Crippen LogP contribution in [0.25, 0.3) is 0 Å². The van der Waals surface area contributed by atoms with Gasteiger partial charge in [-0.15, -0.1) is 0 Å². The highest BCUT2D eigenvalue weighted by atomic mass is 32.2. The van der Waals surface area contributed by atoms with Gasteiger partial charge in [-0.05, 0) is 24.1 Å². The van der Waals surface area contributed by atoms with Gasteiger partial charge in [-0.1, -0.05) is 17.8 Å². The zero-order valence-electron chi connectivity index (χ0n) is 13.5. The number of carbonyl (C=O) groups excluding carboxylic acids is 1. The molecule has 7 nitrogen and oxygen atoms in total. The molecule has 1 heterocycles. The van der Waals surface area contributed by atoms with Gasteiger partial charge in [0.15, 0.2) is 11.5 Å². The Morgan fingerprint density at radius 2 is 2.25 bits per heavy atom. The number of nitriles is 1. The maximum absolute atomic E-state index is 12.2. The molecule has 24 heavy (non-hydrogen) atoms. The Kier molecular flexibility index (Phi) is 6.35. The normalized spacial score (nSPS) is 17.2. The van der Waals surface area contributed by atoms with E-state index in [0.29, 0.717) is 23.9 Å². The molecule has 1 aliphatic heterocycles. The van der Waals surface area contributed by atoms with E-state index in [9.17, 15) is 15.2 Å². The van der Waals surface area contributed by atoms with Gasteiger partial charge in [0.2, 0.25) is 0 Å². The number of amides is 1. The molecule has 0 aromatic heterocycles. The molecule has 1 aromatic carbocycles. The molecule has 0 saturated heterocycles. The zero-order valence-corrected chi connectivity index (χ0v) is 14.3. The van der Waals surface area contributed by atoms with Crippen LogP contribution >= 0.6 is 11.8 Å². The van der Waals surface area contributed by atoms with Crippen LogP contribution in [-0.2, 0) is 9.53 Å². The summed E-state index contributed by atoms with van der Waals surface area (Å²) in [4.78, 5) is 12.2. The van der Waals surface area contributed by atoms with E-state index in [1.165, 1.54) is 24.9 Å². The lowest BCUT2D eigenvalue weighted by Crippen LogP contribution is -2.35. The number of methoxy groups -OCH3 is 2. The largest absolute Gasteiger partial charge is 0.504 e. The van der Waals surface area contributed by atoms with Crippen LogP contribution < -0.4 is 15.4 Å². The molecule has 3 N–H and O–H groups in total. The Morgan fingerprint density at radius 1 is 1.46 bits per heavy atom. The smallest absolute Gasteiger partial charge is 0.265 e. The van der Waals surface area contributed by atoms with Crippen molar-refractivity contribution in [2.24, 2.45) is 0 Å². The average Bonchev–Trinajstić information content (AvgIpc) is 2.58. The first-order chi connectivity index (χ1) is 11.6. The zero-order chi connectivity index (χ0) is 17.5. The second kappa shape index (κ2) is 8.47. The SMILES string of the molecule is COCCCNC1=C(C#N)C(=O)N[C@@H](c2ccc(O)c(OC)c2)S1. The highest BCUT2D eigenvalue weighted by Gasteiger charge is 2.29. The van der Waals surface area contributed by atoms with Crippen LogP contribution in [0.5, 0.6) is 11.5 Å².